The second-order valence-electron chi connectivity index (χ2n) is 3.84. The lowest BCUT2D eigenvalue weighted by atomic mass is 10.2. The summed E-state index contributed by atoms with van der Waals surface area (Å²) in [6.45, 7) is 2.69. The van der Waals surface area contributed by atoms with Gasteiger partial charge in [-0.2, -0.15) is 0 Å². The molecule has 1 rings (SSSR count). The van der Waals surface area contributed by atoms with Crippen molar-refractivity contribution >= 4 is 5.97 Å². The molecule has 3 nitrogen and oxygen atoms in total. The summed E-state index contributed by atoms with van der Waals surface area (Å²) in [5, 5.41) is 8.71. The van der Waals surface area contributed by atoms with E-state index in [9.17, 15) is 9.18 Å². The number of carboxylic acid groups (broad SMARTS) is 1. The van der Waals surface area contributed by atoms with Crippen LogP contribution in [-0.4, -0.2) is 23.4 Å². The van der Waals surface area contributed by atoms with Crippen molar-refractivity contribution in [3.05, 3.63) is 29.8 Å². The van der Waals surface area contributed by atoms with Gasteiger partial charge in [0.2, 0.25) is 0 Å². The van der Waals surface area contributed by atoms with Crippen molar-refractivity contribution in [1.82, 2.24) is 0 Å². The molecular formula is C11H13FO3. The Labute approximate surface area is 87.5 Å². The normalized spacial score (nSPS) is 11.1. The smallest absolute Gasteiger partial charge is 0.335 e. The van der Waals surface area contributed by atoms with E-state index in [1.54, 1.807) is 12.1 Å². The standard InChI is InChI=1S/C11H13FO3/c1-11(2,12)7-15-9-5-3-4-8(6-9)10(13)14/h3-6H,7H2,1-2H3,(H,13,14). The Morgan fingerprint density at radius 2 is 2.20 bits per heavy atom. The Bertz CT molecular complexity index is 355. The average molecular weight is 212 g/mol. The fraction of sp³-hybridized carbons (Fsp3) is 0.364. The summed E-state index contributed by atoms with van der Waals surface area (Å²) < 4.78 is 18.2. The van der Waals surface area contributed by atoms with Crippen LogP contribution in [0.3, 0.4) is 0 Å². The number of hydrogen-bond acceptors (Lipinski definition) is 2. The van der Waals surface area contributed by atoms with E-state index in [4.69, 9.17) is 9.84 Å². The van der Waals surface area contributed by atoms with E-state index in [0.29, 0.717) is 5.75 Å². The monoisotopic (exact) mass is 212 g/mol. The lowest BCUT2D eigenvalue weighted by Gasteiger charge is -2.15. The summed E-state index contributed by atoms with van der Waals surface area (Å²) in [7, 11) is 0. The molecule has 0 atom stereocenters. The first kappa shape index (κ1) is 11.5. The summed E-state index contributed by atoms with van der Waals surface area (Å²) in [4.78, 5) is 10.6. The van der Waals surface area contributed by atoms with Crippen molar-refractivity contribution in [2.45, 2.75) is 19.5 Å². The van der Waals surface area contributed by atoms with Crippen LogP contribution in [0.5, 0.6) is 5.75 Å². The minimum Gasteiger partial charge on any atom is -0.490 e. The fourth-order valence-corrected chi connectivity index (χ4v) is 0.974. The molecule has 0 saturated carbocycles. The van der Waals surface area contributed by atoms with Gasteiger partial charge in [-0.05, 0) is 32.0 Å². The molecular weight excluding hydrogens is 199 g/mol. The third-order valence-corrected chi connectivity index (χ3v) is 1.66. The van der Waals surface area contributed by atoms with Crippen molar-refractivity contribution in [3.63, 3.8) is 0 Å². The lowest BCUT2D eigenvalue weighted by molar-refractivity contribution is 0.0696. The highest BCUT2D eigenvalue weighted by Gasteiger charge is 2.16. The Kier molecular flexibility index (Phi) is 3.29. The number of aromatic carboxylic acids is 1. The average Bonchev–Trinajstić information content (AvgIpc) is 2.14. The predicted octanol–water partition coefficient (Wildman–Crippen LogP) is 2.51. The van der Waals surface area contributed by atoms with E-state index in [1.807, 2.05) is 0 Å². The number of benzene rings is 1. The highest BCUT2D eigenvalue weighted by atomic mass is 19.1. The number of carbonyl (C=O) groups is 1. The van der Waals surface area contributed by atoms with Gasteiger partial charge in [0.25, 0.3) is 0 Å². The van der Waals surface area contributed by atoms with Crippen LogP contribution in [0.4, 0.5) is 4.39 Å². The number of hydrogen-bond donors (Lipinski definition) is 1. The SMILES string of the molecule is CC(C)(F)COc1cccc(C(=O)O)c1. The molecule has 0 amide bonds. The zero-order valence-electron chi connectivity index (χ0n) is 8.66. The van der Waals surface area contributed by atoms with Crippen LogP contribution in [0, 0.1) is 0 Å². The Hall–Kier alpha value is -1.58. The molecule has 0 unspecified atom stereocenters. The third-order valence-electron chi connectivity index (χ3n) is 1.66. The van der Waals surface area contributed by atoms with Gasteiger partial charge >= 0.3 is 5.97 Å². The molecule has 82 valence electrons. The molecule has 0 aliphatic carbocycles. The Morgan fingerprint density at radius 1 is 1.53 bits per heavy atom. The second-order valence-corrected chi connectivity index (χ2v) is 3.84. The van der Waals surface area contributed by atoms with Crippen molar-refractivity contribution < 1.29 is 19.0 Å². The molecule has 1 N–H and O–H groups in total. The fourth-order valence-electron chi connectivity index (χ4n) is 0.974. The van der Waals surface area contributed by atoms with E-state index in [1.165, 1.54) is 26.0 Å². The van der Waals surface area contributed by atoms with Crippen LogP contribution < -0.4 is 4.74 Å². The van der Waals surface area contributed by atoms with Gasteiger partial charge in [0.1, 0.15) is 18.0 Å². The van der Waals surface area contributed by atoms with Crippen LogP contribution in [0.2, 0.25) is 0 Å². The topological polar surface area (TPSA) is 46.5 Å². The van der Waals surface area contributed by atoms with Crippen molar-refractivity contribution in [2.75, 3.05) is 6.61 Å². The van der Waals surface area contributed by atoms with E-state index in [2.05, 4.69) is 0 Å². The summed E-state index contributed by atoms with van der Waals surface area (Å²) in [5.74, 6) is -0.666. The van der Waals surface area contributed by atoms with E-state index >= 15 is 0 Å². The number of carboxylic acids is 1. The maximum absolute atomic E-state index is 13.1. The van der Waals surface area contributed by atoms with Gasteiger partial charge in [-0.15, -0.1) is 0 Å². The number of rotatable bonds is 4. The molecule has 0 aromatic heterocycles. The second kappa shape index (κ2) is 4.29. The van der Waals surface area contributed by atoms with Gasteiger partial charge in [-0.1, -0.05) is 6.07 Å². The summed E-state index contributed by atoms with van der Waals surface area (Å²) in [6.07, 6.45) is 0. The molecule has 0 bridgehead atoms. The van der Waals surface area contributed by atoms with Gasteiger partial charge in [0.05, 0.1) is 5.56 Å². The molecule has 0 saturated heterocycles. The van der Waals surface area contributed by atoms with Crippen molar-refractivity contribution in [3.8, 4) is 5.75 Å². The predicted molar refractivity (Wildman–Crippen MR) is 54.1 cm³/mol. The maximum atomic E-state index is 13.1. The largest absolute Gasteiger partial charge is 0.490 e. The summed E-state index contributed by atoms with van der Waals surface area (Å²) >= 11 is 0. The Morgan fingerprint density at radius 3 is 2.73 bits per heavy atom. The maximum Gasteiger partial charge on any atom is 0.335 e. The highest BCUT2D eigenvalue weighted by molar-refractivity contribution is 5.87. The van der Waals surface area contributed by atoms with Gasteiger partial charge < -0.3 is 9.84 Å². The highest BCUT2D eigenvalue weighted by Crippen LogP contribution is 2.16. The molecule has 1 aromatic rings. The first-order valence-electron chi connectivity index (χ1n) is 4.53. The number of alkyl halides is 1. The summed E-state index contributed by atoms with van der Waals surface area (Å²) in [6, 6.07) is 5.98. The zero-order valence-corrected chi connectivity index (χ0v) is 8.66. The van der Waals surface area contributed by atoms with E-state index in [0.717, 1.165) is 0 Å². The van der Waals surface area contributed by atoms with Crippen molar-refractivity contribution in [2.24, 2.45) is 0 Å². The molecule has 0 radical (unpaired) electrons. The molecule has 4 heteroatoms. The van der Waals surface area contributed by atoms with Crippen LogP contribution >= 0.6 is 0 Å². The minimum atomic E-state index is -1.43. The summed E-state index contributed by atoms with van der Waals surface area (Å²) in [5.41, 5.74) is -1.30. The van der Waals surface area contributed by atoms with Gasteiger partial charge in [0.15, 0.2) is 0 Å². The zero-order chi connectivity index (χ0) is 11.5. The molecule has 0 aliphatic heterocycles. The van der Waals surface area contributed by atoms with E-state index in [-0.39, 0.29) is 12.2 Å². The van der Waals surface area contributed by atoms with Gasteiger partial charge in [-0.25, -0.2) is 9.18 Å². The minimum absolute atomic E-state index is 0.101. The Balaban J connectivity index is 2.70. The first-order valence-corrected chi connectivity index (χ1v) is 4.53. The lowest BCUT2D eigenvalue weighted by Crippen LogP contribution is -2.22. The van der Waals surface area contributed by atoms with Crippen LogP contribution in [0.25, 0.3) is 0 Å². The molecule has 0 aliphatic rings. The number of halogens is 1. The number of ether oxygens (including phenoxy) is 1. The molecule has 0 heterocycles. The molecule has 0 fully saturated rings. The first-order chi connectivity index (χ1) is 6.88. The van der Waals surface area contributed by atoms with Gasteiger partial charge in [0, 0.05) is 0 Å². The quantitative estimate of drug-likeness (QED) is 0.834. The van der Waals surface area contributed by atoms with Crippen molar-refractivity contribution in [1.29, 1.82) is 0 Å². The molecule has 15 heavy (non-hydrogen) atoms. The third kappa shape index (κ3) is 3.97. The van der Waals surface area contributed by atoms with E-state index < -0.39 is 11.6 Å². The molecule has 1 aromatic carbocycles. The molecule has 0 spiro atoms. The van der Waals surface area contributed by atoms with Crippen LogP contribution in [0.1, 0.15) is 24.2 Å². The van der Waals surface area contributed by atoms with Crippen LogP contribution in [-0.2, 0) is 0 Å². The van der Waals surface area contributed by atoms with Gasteiger partial charge in [-0.3, -0.25) is 0 Å². The van der Waals surface area contributed by atoms with Crippen LogP contribution in [0.15, 0.2) is 24.3 Å².